The second-order valence-corrected chi connectivity index (χ2v) is 3.73. The van der Waals surface area contributed by atoms with Crippen LogP contribution in [-0.2, 0) is 9.59 Å². The first-order valence-electron chi connectivity index (χ1n) is 5.24. The van der Waals surface area contributed by atoms with Gasteiger partial charge in [0.25, 0.3) is 0 Å². The number of rotatable bonds is 5. The van der Waals surface area contributed by atoms with E-state index in [1.807, 2.05) is 25.1 Å². The van der Waals surface area contributed by atoms with E-state index in [9.17, 15) is 9.59 Å². The lowest BCUT2D eigenvalue weighted by Crippen LogP contribution is -2.13. The summed E-state index contributed by atoms with van der Waals surface area (Å²) in [6.07, 6.45) is 1.53. The first-order chi connectivity index (χ1) is 8.00. The fraction of sp³-hybridized carbons (Fsp3) is 0.231. The Morgan fingerprint density at radius 2 is 1.94 bits per heavy atom. The van der Waals surface area contributed by atoms with Crippen LogP contribution in [0.1, 0.15) is 19.4 Å². The molecule has 0 amide bonds. The molecule has 1 aromatic rings. The Kier molecular flexibility index (Phi) is 4.46. The Morgan fingerprint density at radius 1 is 1.29 bits per heavy atom. The Labute approximate surface area is 100.0 Å². The van der Waals surface area contributed by atoms with Gasteiger partial charge in [0.05, 0.1) is 0 Å². The molecule has 4 nitrogen and oxygen atoms in total. The Balaban J connectivity index is 2.99. The van der Waals surface area contributed by atoms with Crippen LogP contribution in [0.15, 0.2) is 30.3 Å². The molecule has 0 aliphatic rings. The predicted molar refractivity (Wildman–Crippen MR) is 66.9 cm³/mol. The van der Waals surface area contributed by atoms with Gasteiger partial charge < -0.3 is 10.4 Å². The lowest BCUT2D eigenvalue weighted by molar-refractivity contribution is -0.134. The largest absolute Gasteiger partial charge is 0.480 e. The average Bonchev–Trinajstić information content (AvgIpc) is 2.25. The van der Waals surface area contributed by atoms with Crippen molar-refractivity contribution in [3.63, 3.8) is 0 Å². The number of carboxylic acid groups (broad SMARTS) is 1. The summed E-state index contributed by atoms with van der Waals surface area (Å²) in [6.45, 7) is 3.16. The third-order valence-electron chi connectivity index (χ3n) is 2.20. The highest BCUT2D eigenvalue weighted by molar-refractivity contribution is 5.96. The number of anilines is 1. The van der Waals surface area contributed by atoms with Gasteiger partial charge in [-0.05, 0) is 31.6 Å². The van der Waals surface area contributed by atoms with Gasteiger partial charge in [-0.25, -0.2) is 0 Å². The van der Waals surface area contributed by atoms with Gasteiger partial charge in [-0.1, -0.05) is 18.2 Å². The first-order valence-corrected chi connectivity index (χ1v) is 5.24. The summed E-state index contributed by atoms with van der Waals surface area (Å²) in [6, 6.07) is 7.29. The lowest BCUT2D eigenvalue weighted by atomic mass is 10.0. The molecule has 4 heteroatoms. The summed E-state index contributed by atoms with van der Waals surface area (Å²) >= 11 is 0. The number of hydrogen-bond donors (Lipinski definition) is 2. The molecule has 0 aromatic heterocycles. The van der Waals surface area contributed by atoms with Crippen molar-refractivity contribution in [2.45, 2.75) is 13.8 Å². The van der Waals surface area contributed by atoms with Gasteiger partial charge in [0.15, 0.2) is 5.78 Å². The molecule has 0 spiro atoms. The Bertz CT molecular complexity index is 463. The number of allylic oxidation sites excluding steroid dienone is 2. The highest BCUT2D eigenvalue weighted by Gasteiger charge is 2.05. The summed E-state index contributed by atoms with van der Waals surface area (Å²) in [5.41, 5.74) is 2.36. The van der Waals surface area contributed by atoms with E-state index >= 15 is 0 Å². The summed E-state index contributed by atoms with van der Waals surface area (Å²) < 4.78 is 0. The van der Waals surface area contributed by atoms with Gasteiger partial charge in [-0.2, -0.15) is 0 Å². The molecule has 0 saturated carbocycles. The van der Waals surface area contributed by atoms with Crippen LogP contribution in [0, 0.1) is 0 Å². The number of nitrogens with one attached hydrogen (secondary N) is 1. The van der Waals surface area contributed by atoms with Crippen molar-refractivity contribution in [1.29, 1.82) is 0 Å². The van der Waals surface area contributed by atoms with Crippen LogP contribution in [-0.4, -0.2) is 23.4 Å². The number of hydrogen-bond acceptors (Lipinski definition) is 3. The minimum absolute atomic E-state index is 0.0319. The molecule has 2 N–H and O–H groups in total. The van der Waals surface area contributed by atoms with Gasteiger partial charge >= 0.3 is 5.97 Å². The molecule has 1 aromatic carbocycles. The number of carboxylic acids is 1. The SMILES string of the molecule is CC(=O)/C=C(\C)c1ccccc1NCC(=O)O. The average molecular weight is 233 g/mol. The van der Waals surface area contributed by atoms with Gasteiger partial charge in [0, 0.05) is 11.3 Å². The van der Waals surface area contributed by atoms with E-state index in [4.69, 9.17) is 5.11 Å². The molecule has 0 aliphatic carbocycles. The topological polar surface area (TPSA) is 66.4 Å². The van der Waals surface area contributed by atoms with E-state index in [1.165, 1.54) is 13.0 Å². The van der Waals surface area contributed by atoms with Crippen molar-refractivity contribution in [1.82, 2.24) is 0 Å². The molecular formula is C13H15NO3. The molecule has 1 rings (SSSR count). The molecule has 0 atom stereocenters. The van der Waals surface area contributed by atoms with Crippen LogP contribution in [0.4, 0.5) is 5.69 Å². The van der Waals surface area contributed by atoms with E-state index in [2.05, 4.69) is 5.32 Å². The summed E-state index contributed by atoms with van der Waals surface area (Å²) in [5, 5.41) is 11.4. The number of aliphatic carboxylic acids is 1. The number of ketones is 1. The van der Waals surface area contributed by atoms with Crippen LogP contribution in [0.3, 0.4) is 0 Å². The van der Waals surface area contributed by atoms with Crippen molar-refractivity contribution in [2.75, 3.05) is 11.9 Å². The monoisotopic (exact) mass is 233 g/mol. The fourth-order valence-electron chi connectivity index (χ4n) is 1.53. The van der Waals surface area contributed by atoms with E-state index in [-0.39, 0.29) is 12.3 Å². The molecule has 0 aliphatic heterocycles. The lowest BCUT2D eigenvalue weighted by Gasteiger charge is -2.10. The molecule has 0 bridgehead atoms. The maximum atomic E-state index is 11.0. The quantitative estimate of drug-likeness (QED) is 0.765. The molecular weight excluding hydrogens is 218 g/mol. The number of carbonyl (C=O) groups is 2. The molecule has 0 saturated heterocycles. The number of carbonyl (C=O) groups excluding carboxylic acids is 1. The first kappa shape index (κ1) is 13.0. The molecule has 17 heavy (non-hydrogen) atoms. The summed E-state index contributed by atoms with van der Waals surface area (Å²) in [5.74, 6) is -0.955. The molecule has 0 unspecified atom stereocenters. The third-order valence-corrected chi connectivity index (χ3v) is 2.20. The van der Waals surface area contributed by atoms with Crippen molar-refractivity contribution >= 4 is 23.0 Å². The van der Waals surface area contributed by atoms with Crippen molar-refractivity contribution in [3.05, 3.63) is 35.9 Å². The zero-order chi connectivity index (χ0) is 12.8. The van der Waals surface area contributed by atoms with Crippen LogP contribution >= 0.6 is 0 Å². The van der Waals surface area contributed by atoms with E-state index in [0.29, 0.717) is 5.69 Å². The van der Waals surface area contributed by atoms with Crippen molar-refractivity contribution < 1.29 is 14.7 Å². The summed E-state index contributed by atoms with van der Waals surface area (Å²) in [4.78, 5) is 21.5. The van der Waals surface area contributed by atoms with Crippen molar-refractivity contribution in [2.24, 2.45) is 0 Å². The fourth-order valence-corrected chi connectivity index (χ4v) is 1.53. The van der Waals surface area contributed by atoms with E-state index < -0.39 is 5.97 Å². The maximum Gasteiger partial charge on any atom is 0.322 e. The molecule has 0 fully saturated rings. The van der Waals surface area contributed by atoms with Gasteiger partial charge in [0.1, 0.15) is 6.54 Å². The highest BCUT2D eigenvalue weighted by Crippen LogP contribution is 2.23. The number of para-hydroxylation sites is 1. The van der Waals surface area contributed by atoms with Crippen LogP contribution < -0.4 is 5.32 Å². The van der Waals surface area contributed by atoms with Gasteiger partial charge in [-0.15, -0.1) is 0 Å². The van der Waals surface area contributed by atoms with E-state index in [1.54, 1.807) is 6.07 Å². The summed E-state index contributed by atoms with van der Waals surface area (Å²) in [7, 11) is 0. The van der Waals surface area contributed by atoms with Crippen molar-refractivity contribution in [3.8, 4) is 0 Å². The Hall–Kier alpha value is -2.10. The third kappa shape index (κ3) is 4.10. The molecule has 90 valence electrons. The second kappa shape index (κ2) is 5.84. The normalized spacial score (nSPS) is 11.1. The smallest absolute Gasteiger partial charge is 0.322 e. The van der Waals surface area contributed by atoms with Gasteiger partial charge in [0.2, 0.25) is 0 Å². The number of benzene rings is 1. The second-order valence-electron chi connectivity index (χ2n) is 3.73. The minimum Gasteiger partial charge on any atom is -0.480 e. The van der Waals surface area contributed by atoms with Gasteiger partial charge in [-0.3, -0.25) is 9.59 Å². The van der Waals surface area contributed by atoms with Crippen LogP contribution in [0.25, 0.3) is 5.57 Å². The Morgan fingerprint density at radius 3 is 2.53 bits per heavy atom. The minimum atomic E-state index is -0.923. The van der Waals surface area contributed by atoms with Crippen LogP contribution in [0.5, 0.6) is 0 Å². The molecule has 0 heterocycles. The van der Waals surface area contributed by atoms with Crippen LogP contribution in [0.2, 0.25) is 0 Å². The zero-order valence-electron chi connectivity index (χ0n) is 9.86. The predicted octanol–water partition coefficient (Wildman–Crippen LogP) is 2.18. The standard InChI is InChI=1S/C13H15NO3/c1-9(7-10(2)15)11-5-3-4-6-12(11)14-8-13(16)17/h3-7,14H,8H2,1-2H3,(H,16,17)/b9-7+. The van der Waals surface area contributed by atoms with E-state index in [0.717, 1.165) is 11.1 Å². The highest BCUT2D eigenvalue weighted by atomic mass is 16.4. The maximum absolute atomic E-state index is 11.0. The zero-order valence-corrected chi connectivity index (χ0v) is 9.86. The molecule has 0 radical (unpaired) electrons.